The molecule has 4 heteroatoms. The molecule has 2 N–H and O–H groups in total. The highest BCUT2D eigenvalue weighted by atomic mass is 16.4. The second kappa shape index (κ2) is 5.19. The number of benzene rings is 1. The highest BCUT2D eigenvalue weighted by Crippen LogP contribution is 2.25. The molecule has 0 saturated carbocycles. The molecular formula is C13H18N2O2. The molecule has 1 fully saturated rings. The second-order valence-corrected chi connectivity index (χ2v) is 4.20. The number of carboxylic acid groups (broad SMARTS) is 1. The summed E-state index contributed by atoms with van der Waals surface area (Å²) in [6.07, 6.45) is 0.752. The number of anilines is 1. The van der Waals surface area contributed by atoms with Gasteiger partial charge in [-0.3, -0.25) is 0 Å². The van der Waals surface area contributed by atoms with Crippen LogP contribution in [0, 0.1) is 0 Å². The van der Waals surface area contributed by atoms with E-state index in [1.165, 1.54) is 0 Å². The quantitative estimate of drug-likeness (QED) is 0.829. The Bertz CT molecular complexity index is 412. The van der Waals surface area contributed by atoms with Crippen LogP contribution in [0.25, 0.3) is 0 Å². The molecule has 17 heavy (non-hydrogen) atoms. The summed E-state index contributed by atoms with van der Waals surface area (Å²) in [4.78, 5) is 13.5. The number of carboxylic acids is 1. The Labute approximate surface area is 101 Å². The topological polar surface area (TPSA) is 52.6 Å². The predicted octanol–water partition coefficient (Wildman–Crippen LogP) is 1.36. The first-order valence-corrected chi connectivity index (χ1v) is 6.05. The first-order chi connectivity index (χ1) is 8.24. The Kier molecular flexibility index (Phi) is 3.64. The van der Waals surface area contributed by atoms with E-state index in [9.17, 15) is 9.90 Å². The van der Waals surface area contributed by atoms with E-state index in [0.717, 1.165) is 43.9 Å². The standard InChI is InChI=1S/C13H18N2O2/c1-2-10-11(13(16)17)4-3-5-12(10)15-8-6-14-7-9-15/h3-5,14H,2,6-9H2,1H3,(H,16,17). The average Bonchev–Trinajstić information content (AvgIpc) is 2.38. The molecule has 0 atom stereocenters. The summed E-state index contributed by atoms with van der Waals surface area (Å²) in [5, 5.41) is 12.5. The number of nitrogens with zero attached hydrogens (tertiary/aromatic N) is 1. The zero-order chi connectivity index (χ0) is 12.3. The molecule has 1 aromatic carbocycles. The van der Waals surface area contributed by atoms with Crippen molar-refractivity contribution in [1.82, 2.24) is 5.32 Å². The minimum Gasteiger partial charge on any atom is -0.478 e. The van der Waals surface area contributed by atoms with Crippen LogP contribution in [0.3, 0.4) is 0 Å². The van der Waals surface area contributed by atoms with Crippen molar-refractivity contribution in [2.24, 2.45) is 0 Å². The molecule has 0 amide bonds. The van der Waals surface area contributed by atoms with Gasteiger partial charge in [-0.15, -0.1) is 0 Å². The zero-order valence-corrected chi connectivity index (χ0v) is 10.1. The Hall–Kier alpha value is -1.55. The monoisotopic (exact) mass is 234 g/mol. The van der Waals surface area contributed by atoms with Crippen LogP contribution in [0.15, 0.2) is 18.2 Å². The van der Waals surface area contributed by atoms with Crippen LogP contribution < -0.4 is 10.2 Å². The van der Waals surface area contributed by atoms with E-state index >= 15 is 0 Å². The molecular weight excluding hydrogens is 216 g/mol. The van der Waals surface area contributed by atoms with E-state index in [1.807, 2.05) is 19.1 Å². The summed E-state index contributed by atoms with van der Waals surface area (Å²) >= 11 is 0. The van der Waals surface area contributed by atoms with Crippen LogP contribution in [0.5, 0.6) is 0 Å². The number of aromatic carboxylic acids is 1. The van der Waals surface area contributed by atoms with E-state index < -0.39 is 5.97 Å². The lowest BCUT2D eigenvalue weighted by Crippen LogP contribution is -2.44. The third-order valence-corrected chi connectivity index (χ3v) is 3.19. The maximum absolute atomic E-state index is 11.2. The van der Waals surface area contributed by atoms with Gasteiger partial charge in [0.05, 0.1) is 5.56 Å². The lowest BCUT2D eigenvalue weighted by Gasteiger charge is -2.31. The van der Waals surface area contributed by atoms with Crippen LogP contribution >= 0.6 is 0 Å². The van der Waals surface area contributed by atoms with Crippen molar-refractivity contribution in [3.05, 3.63) is 29.3 Å². The van der Waals surface area contributed by atoms with Gasteiger partial charge in [-0.2, -0.15) is 0 Å². The van der Waals surface area contributed by atoms with Crippen molar-refractivity contribution in [1.29, 1.82) is 0 Å². The molecule has 0 spiro atoms. The predicted molar refractivity (Wildman–Crippen MR) is 67.9 cm³/mol. The van der Waals surface area contributed by atoms with Gasteiger partial charge in [0.1, 0.15) is 0 Å². The van der Waals surface area contributed by atoms with Gasteiger partial charge >= 0.3 is 5.97 Å². The largest absolute Gasteiger partial charge is 0.478 e. The van der Waals surface area contributed by atoms with Gasteiger partial charge in [0.25, 0.3) is 0 Å². The van der Waals surface area contributed by atoms with E-state index in [-0.39, 0.29) is 0 Å². The summed E-state index contributed by atoms with van der Waals surface area (Å²) in [6.45, 7) is 5.81. The number of nitrogens with one attached hydrogen (secondary N) is 1. The number of hydrogen-bond donors (Lipinski definition) is 2. The average molecular weight is 234 g/mol. The van der Waals surface area contributed by atoms with E-state index in [1.54, 1.807) is 6.07 Å². The number of rotatable bonds is 3. The normalized spacial score (nSPS) is 15.9. The molecule has 1 aromatic rings. The molecule has 1 saturated heterocycles. The molecule has 2 rings (SSSR count). The fourth-order valence-electron chi connectivity index (χ4n) is 2.35. The molecule has 0 aromatic heterocycles. The van der Waals surface area contributed by atoms with E-state index in [0.29, 0.717) is 5.56 Å². The molecule has 92 valence electrons. The van der Waals surface area contributed by atoms with Crippen molar-refractivity contribution in [3.63, 3.8) is 0 Å². The van der Waals surface area contributed by atoms with E-state index in [4.69, 9.17) is 0 Å². The summed E-state index contributed by atoms with van der Waals surface area (Å²) in [7, 11) is 0. The van der Waals surface area contributed by atoms with Crippen LogP contribution in [0.1, 0.15) is 22.8 Å². The Morgan fingerprint density at radius 3 is 2.71 bits per heavy atom. The van der Waals surface area contributed by atoms with Gasteiger partial charge in [-0.05, 0) is 24.1 Å². The van der Waals surface area contributed by atoms with Crippen LogP contribution in [-0.2, 0) is 6.42 Å². The molecule has 0 unspecified atom stereocenters. The van der Waals surface area contributed by atoms with Crippen molar-refractivity contribution < 1.29 is 9.90 Å². The smallest absolute Gasteiger partial charge is 0.336 e. The van der Waals surface area contributed by atoms with Crippen LogP contribution in [0.2, 0.25) is 0 Å². The van der Waals surface area contributed by atoms with Gasteiger partial charge in [-0.25, -0.2) is 4.79 Å². The summed E-state index contributed by atoms with van der Waals surface area (Å²) in [5.41, 5.74) is 2.46. The Balaban J connectivity index is 2.38. The minimum atomic E-state index is -0.834. The van der Waals surface area contributed by atoms with Gasteiger partial charge < -0.3 is 15.3 Å². The highest BCUT2D eigenvalue weighted by molar-refractivity contribution is 5.91. The maximum Gasteiger partial charge on any atom is 0.336 e. The lowest BCUT2D eigenvalue weighted by atomic mass is 10.0. The zero-order valence-electron chi connectivity index (χ0n) is 10.1. The number of hydrogen-bond acceptors (Lipinski definition) is 3. The molecule has 1 aliphatic heterocycles. The minimum absolute atomic E-state index is 0.434. The highest BCUT2D eigenvalue weighted by Gasteiger charge is 2.17. The van der Waals surface area contributed by atoms with Crippen LogP contribution in [0.4, 0.5) is 5.69 Å². The molecule has 4 nitrogen and oxygen atoms in total. The molecule has 1 aliphatic rings. The van der Waals surface area contributed by atoms with Crippen molar-refractivity contribution in [2.75, 3.05) is 31.1 Å². The van der Waals surface area contributed by atoms with Crippen molar-refractivity contribution >= 4 is 11.7 Å². The Morgan fingerprint density at radius 2 is 2.12 bits per heavy atom. The molecule has 0 radical (unpaired) electrons. The van der Waals surface area contributed by atoms with Crippen molar-refractivity contribution in [2.45, 2.75) is 13.3 Å². The number of carbonyl (C=O) groups is 1. The summed E-state index contributed by atoms with van der Waals surface area (Å²) in [5.74, 6) is -0.834. The third-order valence-electron chi connectivity index (χ3n) is 3.19. The van der Waals surface area contributed by atoms with Gasteiger partial charge in [0.2, 0.25) is 0 Å². The Morgan fingerprint density at radius 1 is 1.41 bits per heavy atom. The van der Waals surface area contributed by atoms with Gasteiger partial charge in [0, 0.05) is 31.9 Å². The van der Waals surface area contributed by atoms with E-state index in [2.05, 4.69) is 10.2 Å². The SMILES string of the molecule is CCc1c(C(=O)O)cccc1N1CCNCC1. The van der Waals surface area contributed by atoms with Crippen LogP contribution in [-0.4, -0.2) is 37.3 Å². The fourth-order valence-corrected chi connectivity index (χ4v) is 2.35. The maximum atomic E-state index is 11.2. The summed E-state index contributed by atoms with van der Waals surface area (Å²) < 4.78 is 0. The molecule has 0 bridgehead atoms. The lowest BCUT2D eigenvalue weighted by molar-refractivity contribution is 0.0696. The summed E-state index contributed by atoms with van der Waals surface area (Å²) in [6, 6.07) is 5.55. The fraction of sp³-hybridized carbons (Fsp3) is 0.462. The number of piperazine rings is 1. The first kappa shape index (κ1) is 11.9. The third kappa shape index (κ3) is 2.42. The second-order valence-electron chi connectivity index (χ2n) is 4.20. The first-order valence-electron chi connectivity index (χ1n) is 6.05. The molecule has 0 aliphatic carbocycles. The molecule has 1 heterocycles. The van der Waals surface area contributed by atoms with Crippen molar-refractivity contribution in [3.8, 4) is 0 Å². The van der Waals surface area contributed by atoms with Gasteiger partial charge in [0.15, 0.2) is 0 Å². The van der Waals surface area contributed by atoms with Gasteiger partial charge in [-0.1, -0.05) is 13.0 Å².